The lowest BCUT2D eigenvalue weighted by molar-refractivity contribution is -0.122. The fraction of sp³-hybridized carbons (Fsp3) is 0.533. The van der Waals surface area contributed by atoms with Crippen LogP contribution in [0.4, 0.5) is 0 Å². The predicted octanol–water partition coefficient (Wildman–Crippen LogP) is 1.24. The van der Waals surface area contributed by atoms with E-state index in [0.717, 1.165) is 23.6 Å². The van der Waals surface area contributed by atoms with Crippen molar-refractivity contribution in [2.24, 2.45) is 5.92 Å². The van der Waals surface area contributed by atoms with Gasteiger partial charge in [0, 0.05) is 30.6 Å². The Balaban J connectivity index is 1.98. The highest BCUT2D eigenvalue weighted by molar-refractivity contribution is 7.89. The zero-order valence-electron chi connectivity index (χ0n) is 12.9. The van der Waals surface area contributed by atoms with E-state index in [1.54, 1.807) is 0 Å². The third kappa shape index (κ3) is 4.44. The van der Waals surface area contributed by atoms with E-state index in [1.165, 1.54) is 31.3 Å². The maximum Gasteiger partial charge on any atom is 0.243 e. The number of amides is 1. The molecule has 2 N–H and O–H groups in total. The largest absolute Gasteiger partial charge is 0.396 e. The van der Waals surface area contributed by atoms with Crippen LogP contribution in [-0.2, 0) is 14.8 Å². The molecule has 1 saturated carbocycles. The smallest absolute Gasteiger partial charge is 0.243 e. The Morgan fingerprint density at radius 2 is 2.00 bits per heavy atom. The summed E-state index contributed by atoms with van der Waals surface area (Å²) in [7, 11) is -2.38. The summed E-state index contributed by atoms with van der Waals surface area (Å²) in [6.07, 6.45) is 2.64. The van der Waals surface area contributed by atoms with Crippen LogP contribution in [0.15, 0.2) is 29.2 Å². The van der Waals surface area contributed by atoms with Crippen molar-refractivity contribution in [1.29, 1.82) is 0 Å². The molecule has 23 heavy (non-hydrogen) atoms. The summed E-state index contributed by atoms with van der Waals surface area (Å²) in [5, 5.41) is 12.5. The van der Waals surface area contributed by atoms with Gasteiger partial charge in [-0.05, 0) is 37.1 Å². The summed E-state index contributed by atoms with van der Waals surface area (Å²) in [5.41, 5.74) is 0. The summed E-state index contributed by atoms with van der Waals surface area (Å²) in [5.74, 6) is -0.312. The second-order valence-corrected chi connectivity index (χ2v) is 8.24. The van der Waals surface area contributed by atoms with Crippen LogP contribution < -0.4 is 5.32 Å². The number of sulfonamides is 1. The minimum atomic E-state index is -3.74. The van der Waals surface area contributed by atoms with Gasteiger partial charge < -0.3 is 10.4 Å². The lowest BCUT2D eigenvalue weighted by atomic mass is 10.1. The molecule has 1 aliphatic carbocycles. The first-order valence-corrected chi connectivity index (χ1v) is 9.28. The number of likely N-dealkylation sites (N-methyl/N-ethyl adjacent to an activating group) is 1. The van der Waals surface area contributed by atoms with Crippen LogP contribution in [-0.4, -0.2) is 50.0 Å². The number of nitrogens with zero attached hydrogens (tertiary/aromatic N) is 1. The maximum atomic E-state index is 12.4. The summed E-state index contributed by atoms with van der Waals surface area (Å²) in [6, 6.07) is 5.72. The molecule has 6 nitrogen and oxygen atoms in total. The standard InChI is InChI=1S/C15H21ClN2O4S/c1-18(23(21,22)13-7-5-12(16)6-8-13)9-15(20)17-14-4-2-3-11(14)10-19/h5-8,11,14,19H,2-4,9-10H2,1H3,(H,17,20)/t11-,14+/m0/s1. The van der Waals surface area contributed by atoms with E-state index in [2.05, 4.69) is 5.32 Å². The number of hydrogen-bond acceptors (Lipinski definition) is 4. The van der Waals surface area contributed by atoms with Crippen LogP contribution >= 0.6 is 11.6 Å². The van der Waals surface area contributed by atoms with E-state index in [1.807, 2.05) is 0 Å². The normalized spacial score (nSPS) is 21.6. The zero-order valence-corrected chi connectivity index (χ0v) is 14.5. The molecule has 1 amide bonds. The van der Waals surface area contributed by atoms with Gasteiger partial charge in [0.2, 0.25) is 15.9 Å². The molecule has 0 bridgehead atoms. The molecule has 0 radical (unpaired) electrons. The summed E-state index contributed by atoms with van der Waals surface area (Å²) >= 11 is 5.76. The van der Waals surface area contributed by atoms with E-state index in [-0.39, 0.29) is 35.9 Å². The molecule has 8 heteroatoms. The van der Waals surface area contributed by atoms with Gasteiger partial charge in [0.05, 0.1) is 11.4 Å². The number of hydrogen-bond donors (Lipinski definition) is 2. The monoisotopic (exact) mass is 360 g/mol. The lowest BCUT2D eigenvalue weighted by Gasteiger charge is -2.21. The Hall–Kier alpha value is -1.15. The van der Waals surface area contributed by atoms with Crippen LogP contribution in [0.3, 0.4) is 0 Å². The van der Waals surface area contributed by atoms with Crippen molar-refractivity contribution in [1.82, 2.24) is 9.62 Å². The van der Waals surface area contributed by atoms with E-state index in [9.17, 15) is 18.3 Å². The Morgan fingerprint density at radius 1 is 1.35 bits per heavy atom. The van der Waals surface area contributed by atoms with Crippen molar-refractivity contribution in [2.75, 3.05) is 20.2 Å². The highest BCUT2D eigenvalue weighted by atomic mass is 35.5. The molecule has 1 fully saturated rings. The third-order valence-electron chi connectivity index (χ3n) is 4.13. The molecular formula is C15H21ClN2O4S. The van der Waals surface area contributed by atoms with Gasteiger partial charge >= 0.3 is 0 Å². The van der Waals surface area contributed by atoms with Crippen molar-refractivity contribution in [3.63, 3.8) is 0 Å². The minimum absolute atomic E-state index is 0.0316. The van der Waals surface area contributed by atoms with Gasteiger partial charge in [0.1, 0.15) is 0 Å². The number of rotatable bonds is 6. The third-order valence-corrected chi connectivity index (χ3v) is 6.20. The van der Waals surface area contributed by atoms with Gasteiger partial charge in [-0.15, -0.1) is 0 Å². The van der Waals surface area contributed by atoms with Gasteiger partial charge in [0.15, 0.2) is 0 Å². The number of carbonyl (C=O) groups excluding carboxylic acids is 1. The first-order chi connectivity index (χ1) is 10.8. The summed E-state index contributed by atoms with van der Waals surface area (Å²) < 4.78 is 25.8. The van der Waals surface area contributed by atoms with Crippen molar-refractivity contribution in [3.8, 4) is 0 Å². The molecule has 128 valence electrons. The van der Waals surface area contributed by atoms with Gasteiger partial charge in [-0.3, -0.25) is 4.79 Å². The first kappa shape index (κ1) is 18.2. The van der Waals surface area contributed by atoms with E-state index in [4.69, 9.17) is 11.6 Å². The molecule has 0 unspecified atom stereocenters. The second kappa shape index (κ2) is 7.61. The fourth-order valence-corrected chi connectivity index (χ4v) is 4.02. The Labute approximate surface area is 141 Å². The van der Waals surface area contributed by atoms with Gasteiger partial charge in [-0.25, -0.2) is 8.42 Å². The van der Waals surface area contributed by atoms with E-state index >= 15 is 0 Å². The maximum absolute atomic E-state index is 12.4. The van der Waals surface area contributed by atoms with Crippen molar-refractivity contribution < 1.29 is 18.3 Å². The molecule has 0 saturated heterocycles. The lowest BCUT2D eigenvalue weighted by Crippen LogP contribution is -2.44. The molecular weight excluding hydrogens is 340 g/mol. The molecule has 1 aromatic carbocycles. The molecule has 2 atom stereocenters. The van der Waals surface area contributed by atoms with Crippen molar-refractivity contribution >= 4 is 27.5 Å². The first-order valence-electron chi connectivity index (χ1n) is 7.46. The number of benzene rings is 1. The van der Waals surface area contributed by atoms with Crippen LogP contribution in [0, 0.1) is 5.92 Å². The highest BCUT2D eigenvalue weighted by Gasteiger charge is 2.29. The second-order valence-electron chi connectivity index (χ2n) is 5.76. The number of aliphatic hydroxyl groups is 1. The van der Waals surface area contributed by atoms with Gasteiger partial charge in [0.25, 0.3) is 0 Å². The molecule has 0 aromatic heterocycles. The fourth-order valence-electron chi connectivity index (χ4n) is 2.77. The molecule has 1 aromatic rings. The SMILES string of the molecule is CN(CC(=O)N[C@@H]1CCC[C@H]1CO)S(=O)(=O)c1ccc(Cl)cc1. The molecule has 0 aliphatic heterocycles. The average Bonchev–Trinajstić information content (AvgIpc) is 2.94. The minimum Gasteiger partial charge on any atom is -0.396 e. The number of halogens is 1. The van der Waals surface area contributed by atoms with Crippen molar-refractivity contribution in [2.45, 2.75) is 30.2 Å². The van der Waals surface area contributed by atoms with E-state index in [0.29, 0.717) is 5.02 Å². The van der Waals surface area contributed by atoms with Gasteiger partial charge in [-0.2, -0.15) is 4.31 Å². The van der Waals surface area contributed by atoms with Crippen LogP contribution in [0.1, 0.15) is 19.3 Å². The quantitative estimate of drug-likeness (QED) is 0.799. The Kier molecular flexibility index (Phi) is 6.02. The van der Waals surface area contributed by atoms with E-state index < -0.39 is 10.0 Å². The Morgan fingerprint density at radius 3 is 2.61 bits per heavy atom. The number of nitrogens with one attached hydrogen (secondary N) is 1. The van der Waals surface area contributed by atoms with Crippen LogP contribution in [0.25, 0.3) is 0 Å². The average molecular weight is 361 g/mol. The zero-order chi connectivity index (χ0) is 17.0. The van der Waals surface area contributed by atoms with Crippen LogP contribution in [0.5, 0.6) is 0 Å². The van der Waals surface area contributed by atoms with Gasteiger partial charge in [-0.1, -0.05) is 18.0 Å². The van der Waals surface area contributed by atoms with Crippen LogP contribution in [0.2, 0.25) is 5.02 Å². The molecule has 1 aliphatic rings. The molecule has 0 heterocycles. The summed E-state index contributed by atoms with van der Waals surface area (Å²) in [4.78, 5) is 12.2. The molecule has 2 rings (SSSR count). The van der Waals surface area contributed by atoms with Crippen molar-refractivity contribution in [3.05, 3.63) is 29.3 Å². The molecule has 0 spiro atoms. The Bertz CT molecular complexity index is 648. The predicted molar refractivity (Wildman–Crippen MR) is 87.6 cm³/mol. The number of aliphatic hydroxyl groups excluding tert-OH is 1. The number of carbonyl (C=O) groups is 1. The highest BCUT2D eigenvalue weighted by Crippen LogP contribution is 2.25. The topological polar surface area (TPSA) is 86.7 Å². The summed E-state index contributed by atoms with van der Waals surface area (Å²) in [6.45, 7) is -0.233.